The minimum absolute atomic E-state index is 0.0621. The van der Waals surface area contributed by atoms with E-state index < -0.39 is 0 Å². The molecule has 0 bridgehead atoms. The maximum absolute atomic E-state index is 6.19. The first-order valence-electron chi connectivity index (χ1n) is 15.5. The predicted molar refractivity (Wildman–Crippen MR) is 179 cm³/mol. The Kier molecular flexibility index (Phi) is 9.00. The third kappa shape index (κ3) is 6.76. The number of thiocarbonyl (C=S) groups is 1. The first-order valence-corrected chi connectivity index (χ1v) is 16.3. The quantitative estimate of drug-likeness (QED) is 0.297. The van der Waals surface area contributed by atoms with Crippen LogP contribution in [0.4, 0.5) is 23.3 Å². The molecule has 0 radical (unpaired) electrons. The van der Waals surface area contributed by atoms with Crippen LogP contribution in [-0.4, -0.2) is 60.9 Å². The van der Waals surface area contributed by atoms with Crippen molar-refractivity contribution in [3.05, 3.63) is 71.2 Å². The van der Waals surface area contributed by atoms with Gasteiger partial charge in [0.2, 0.25) is 5.95 Å². The summed E-state index contributed by atoms with van der Waals surface area (Å²) in [6, 6.07) is 21.2. The van der Waals surface area contributed by atoms with E-state index in [1.807, 2.05) is 12.1 Å². The molecular weight excluding hydrogens is 562 g/mol. The van der Waals surface area contributed by atoms with Gasteiger partial charge in [-0.25, -0.2) is 0 Å². The van der Waals surface area contributed by atoms with Gasteiger partial charge in [0.25, 0.3) is 0 Å². The van der Waals surface area contributed by atoms with Crippen molar-refractivity contribution in [1.29, 1.82) is 0 Å². The number of benzene rings is 2. The van der Waals surface area contributed by atoms with Crippen LogP contribution in [0.1, 0.15) is 51.0 Å². The van der Waals surface area contributed by atoms with Crippen molar-refractivity contribution in [2.45, 2.75) is 50.9 Å². The number of hydrogen-bond acceptors (Lipinski definition) is 6. The summed E-state index contributed by atoms with van der Waals surface area (Å²) in [4.78, 5) is 17.2. The van der Waals surface area contributed by atoms with E-state index in [1.54, 1.807) is 0 Å². The lowest BCUT2D eigenvalue weighted by atomic mass is 9.79. The van der Waals surface area contributed by atoms with Gasteiger partial charge in [-0.2, -0.15) is 9.97 Å². The number of aromatic nitrogens is 2. The van der Waals surface area contributed by atoms with Crippen molar-refractivity contribution < 1.29 is 0 Å². The maximum atomic E-state index is 6.19. The number of hydrogen-bond donors (Lipinski definition) is 2. The first-order chi connectivity index (χ1) is 20.5. The molecule has 9 heteroatoms. The first kappa shape index (κ1) is 29.0. The van der Waals surface area contributed by atoms with Crippen LogP contribution in [0.3, 0.4) is 0 Å². The van der Waals surface area contributed by atoms with Crippen molar-refractivity contribution in [2.75, 3.05) is 65.8 Å². The van der Waals surface area contributed by atoms with Crippen LogP contribution in [-0.2, 0) is 5.41 Å². The molecule has 2 aromatic carbocycles. The molecular formula is C33H42ClN7S. The highest BCUT2D eigenvalue weighted by atomic mass is 35.5. The zero-order valence-corrected chi connectivity index (χ0v) is 26.1. The number of para-hydroxylation sites is 1. The van der Waals surface area contributed by atoms with Gasteiger partial charge >= 0.3 is 0 Å². The second-order valence-electron chi connectivity index (χ2n) is 12.2. The van der Waals surface area contributed by atoms with Crippen LogP contribution in [0.25, 0.3) is 0 Å². The van der Waals surface area contributed by atoms with E-state index in [1.165, 1.54) is 36.9 Å². The van der Waals surface area contributed by atoms with E-state index in [9.17, 15) is 0 Å². The number of piperazine rings is 1. The summed E-state index contributed by atoms with van der Waals surface area (Å²) in [6.45, 7) is 8.88. The molecule has 222 valence electrons. The van der Waals surface area contributed by atoms with Crippen molar-refractivity contribution in [3.63, 3.8) is 0 Å². The van der Waals surface area contributed by atoms with Gasteiger partial charge in [-0.3, -0.25) is 0 Å². The van der Waals surface area contributed by atoms with Gasteiger partial charge in [-0.1, -0.05) is 61.7 Å². The zero-order chi connectivity index (χ0) is 28.9. The van der Waals surface area contributed by atoms with Crippen molar-refractivity contribution in [1.82, 2.24) is 15.3 Å². The van der Waals surface area contributed by atoms with E-state index in [0.29, 0.717) is 17.0 Å². The Morgan fingerprint density at radius 3 is 2.24 bits per heavy atom. The molecule has 0 amide bonds. The predicted octanol–water partition coefficient (Wildman–Crippen LogP) is 6.49. The summed E-state index contributed by atoms with van der Waals surface area (Å²) in [5.74, 6) is 3.16. The second-order valence-corrected chi connectivity index (χ2v) is 13.1. The molecule has 1 atom stereocenters. The molecule has 2 N–H and O–H groups in total. The van der Waals surface area contributed by atoms with Gasteiger partial charge in [0, 0.05) is 68.0 Å². The van der Waals surface area contributed by atoms with Gasteiger partial charge in [0.05, 0.1) is 0 Å². The van der Waals surface area contributed by atoms with Crippen LogP contribution in [0.2, 0.25) is 5.02 Å². The second kappa shape index (κ2) is 13.0. The number of halogens is 1. The van der Waals surface area contributed by atoms with E-state index in [2.05, 4.69) is 80.8 Å². The topological polar surface area (TPSA) is 59.6 Å². The summed E-state index contributed by atoms with van der Waals surface area (Å²) in [6.07, 6.45) is 7.19. The average Bonchev–Trinajstić information content (AvgIpc) is 3.51. The Morgan fingerprint density at radius 2 is 1.55 bits per heavy atom. The monoisotopic (exact) mass is 603 g/mol. The molecule has 2 aliphatic heterocycles. The van der Waals surface area contributed by atoms with Crippen molar-refractivity contribution in [2.24, 2.45) is 5.92 Å². The number of rotatable bonds is 7. The van der Waals surface area contributed by atoms with Crippen molar-refractivity contribution in [3.8, 4) is 0 Å². The lowest BCUT2D eigenvalue weighted by molar-refractivity contribution is 0.435. The standard InChI is InChI=1S/C33H42ClN7S/c1-25-8-7-17-41(23-25)30-22-29(40-20-18-39(19-21-40)28-9-3-2-4-10-28)36-31(37-30)38-32(42)35-24-33(15-5-6-16-33)26-11-13-27(34)14-12-26/h2-4,9-14,22,25H,5-8,15-21,23-24H2,1H3,(H2,35,36,37,38,42)/t25-/m1/s1. The highest BCUT2D eigenvalue weighted by Crippen LogP contribution is 2.41. The SMILES string of the molecule is C[C@@H]1CCCN(c2cc(N3CCN(c4ccccc4)CC3)nc(NC(=S)NCC3(c4ccc(Cl)cc4)CCCC3)n2)C1. The highest BCUT2D eigenvalue weighted by Gasteiger charge is 2.35. The smallest absolute Gasteiger partial charge is 0.232 e. The highest BCUT2D eigenvalue weighted by molar-refractivity contribution is 7.80. The summed E-state index contributed by atoms with van der Waals surface area (Å²) < 4.78 is 0. The summed E-state index contributed by atoms with van der Waals surface area (Å²) in [7, 11) is 0. The number of nitrogens with zero attached hydrogens (tertiary/aromatic N) is 5. The van der Waals surface area contributed by atoms with Crippen LogP contribution in [0.5, 0.6) is 0 Å². The number of anilines is 4. The third-order valence-electron chi connectivity index (χ3n) is 9.24. The van der Waals surface area contributed by atoms with Gasteiger partial charge < -0.3 is 25.3 Å². The molecule has 3 fully saturated rings. The summed E-state index contributed by atoms with van der Waals surface area (Å²) in [5.41, 5.74) is 2.67. The maximum Gasteiger partial charge on any atom is 0.232 e. The number of piperidine rings is 1. The molecule has 1 aromatic heterocycles. The normalized spacial score (nSPS) is 20.4. The minimum atomic E-state index is 0.0621. The third-order valence-corrected chi connectivity index (χ3v) is 9.73. The van der Waals surface area contributed by atoms with Crippen LogP contribution >= 0.6 is 23.8 Å². The molecule has 3 heterocycles. The largest absolute Gasteiger partial charge is 0.368 e. The van der Waals surface area contributed by atoms with Crippen LogP contribution in [0.15, 0.2) is 60.7 Å². The van der Waals surface area contributed by atoms with Gasteiger partial charge in [0.1, 0.15) is 11.6 Å². The molecule has 1 saturated carbocycles. The Labute approximate surface area is 260 Å². The molecule has 2 saturated heterocycles. The van der Waals surface area contributed by atoms with Gasteiger partial charge in [-0.15, -0.1) is 0 Å². The van der Waals surface area contributed by atoms with Gasteiger partial charge in [-0.05, 0) is 73.6 Å². The fraction of sp³-hybridized carbons (Fsp3) is 0.485. The molecule has 1 aliphatic carbocycles. The van der Waals surface area contributed by atoms with Crippen LogP contribution < -0.4 is 25.3 Å². The Balaban J connectivity index is 1.17. The molecule has 6 rings (SSSR count). The molecule has 7 nitrogen and oxygen atoms in total. The number of nitrogens with one attached hydrogen (secondary N) is 2. The zero-order valence-electron chi connectivity index (χ0n) is 24.6. The molecule has 3 aromatic rings. The van der Waals surface area contributed by atoms with Gasteiger partial charge in [0.15, 0.2) is 5.11 Å². The van der Waals surface area contributed by atoms with E-state index >= 15 is 0 Å². The fourth-order valence-electron chi connectivity index (χ4n) is 6.85. The molecule has 0 spiro atoms. The van der Waals surface area contributed by atoms with Crippen molar-refractivity contribution >= 4 is 52.2 Å². The molecule has 3 aliphatic rings. The Morgan fingerprint density at radius 1 is 0.881 bits per heavy atom. The average molecular weight is 604 g/mol. The van der Waals surface area contributed by atoms with Crippen LogP contribution in [0, 0.1) is 5.92 Å². The molecule has 0 unspecified atom stereocenters. The summed E-state index contributed by atoms with van der Waals surface area (Å²) >= 11 is 12.0. The van der Waals surface area contributed by atoms with E-state index in [4.69, 9.17) is 33.8 Å². The lowest BCUT2D eigenvalue weighted by Crippen LogP contribution is -2.47. The minimum Gasteiger partial charge on any atom is -0.368 e. The summed E-state index contributed by atoms with van der Waals surface area (Å²) in [5, 5.41) is 8.23. The Bertz CT molecular complexity index is 1340. The molecule has 42 heavy (non-hydrogen) atoms. The Hall–Kier alpha value is -3.10. The fourth-order valence-corrected chi connectivity index (χ4v) is 7.14. The lowest BCUT2D eigenvalue weighted by Gasteiger charge is -2.37. The van der Waals surface area contributed by atoms with E-state index in [-0.39, 0.29) is 5.41 Å². The van der Waals surface area contributed by atoms with E-state index in [0.717, 1.165) is 75.3 Å².